The number of anilines is 1. The number of pyridine rings is 1. The topological polar surface area (TPSA) is 66.6 Å². The van der Waals surface area contributed by atoms with Gasteiger partial charge in [0.25, 0.3) is 0 Å². The summed E-state index contributed by atoms with van der Waals surface area (Å²) in [5, 5.41) is 0. The van der Waals surface area contributed by atoms with Crippen LogP contribution in [0, 0.1) is 11.8 Å². The maximum absolute atomic E-state index is 6.01. The molecule has 0 saturated carbocycles. The summed E-state index contributed by atoms with van der Waals surface area (Å²) in [5.41, 5.74) is 7.00. The van der Waals surface area contributed by atoms with Crippen molar-refractivity contribution in [2.75, 3.05) is 12.3 Å². The third-order valence-electron chi connectivity index (χ3n) is 4.27. The van der Waals surface area contributed by atoms with E-state index in [1.807, 2.05) is 44.2 Å². The van der Waals surface area contributed by atoms with E-state index in [9.17, 15) is 0 Å². The monoisotopic (exact) mass is 444 g/mol. The number of halogens is 1. The fourth-order valence-electron chi connectivity index (χ4n) is 2.82. The predicted octanol–water partition coefficient (Wildman–Crippen LogP) is 4.68. The predicted molar refractivity (Wildman–Crippen MR) is 113 cm³/mol. The highest BCUT2D eigenvalue weighted by atomic mass is 79.9. The van der Waals surface area contributed by atoms with E-state index >= 15 is 0 Å². The molecule has 1 aliphatic rings. The minimum absolute atomic E-state index is 0.169. The number of nitrogen functional groups attached to an aromatic ring is 1. The molecule has 3 rings (SSSR count). The second-order valence-corrected chi connectivity index (χ2v) is 8.10. The van der Waals surface area contributed by atoms with Crippen LogP contribution in [-0.2, 0) is 16.1 Å². The molecule has 6 heteroatoms. The standard InChI is InChI=1S/C22H25BrN2O3/c1-22(2,28-20-8-3-4-11-26-20)10-9-16-6-5-7-19(12-16)27-15-17-13-18(23)14-25-21(17)24/h5-7,12-14,20H,3-4,8,11,15H2,1-2H3,(H2,24,25). The average Bonchev–Trinajstić information content (AvgIpc) is 2.68. The molecule has 2 aromatic rings. The third kappa shape index (κ3) is 6.23. The molecule has 5 nitrogen and oxygen atoms in total. The SMILES string of the molecule is CC(C)(C#Cc1cccc(OCc2cc(Br)cnc2N)c1)OC1CCCCO1. The van der Waals surface area contributed by atoms with Gasteiger partial charge >= 0.3 is 0 Å². The second-order valence-electron chi connectivity index (χ2n) is 7.19. The van der Waals surface area contributed by atoms with Crippen LogP contribution >= 0.6 is 15.9 Å². The van der Waals surface area contributed by atoms with Crippen molar-refractivity contribution in [2.24, 2.45) is 0 Å². The minimum atomic E-state index is -0.588. The number of aromatic nitrogens is 1. The van der Waals surface area contributed by atoms with Gasteiger partial charge in [0, 0.05) is 28.4 Å². The summed E-state index contributed by atoms with van der Waals surface area (Å²) in [6.45, 7) is 5.01. The van der Waals surface area contributed by atoms with E-state index in [0.29, 0.717) is 12.4 Å². The van der Waals surface area contributed by atoms with Gasteiger partial charge in [0.15, 0.2) is 6.29 Å². The molecular weight excluding hydrogens is 420 g/mol. The van der Waals surface area contributed by atoms with E-state index < -0.39 is 5.60 Å². The fourth-order valence-corrected chi connectivity index (χ4v) is 3.20. The number of ether oxygens (including phenoxy) is 3. The normalized spacial score (nSPS) is 16.9. The van der Waals surface area contributed by atoms with E-state index in [1.165, 1.54) is 0 Å². The number of nitrogens with two attached hydrogens (primary N) is 1. The van der Waals surface area contributed by atoms with Gasteiger partial charge < -0.3 is 19.9 Å². The number of rotatable bonds is 5. The lowest BCUT2D eigenvalue weighted by Gasteiger charge is -2.29. The number of hydrogen-bond acceptors (Lipinski definition) is 5. The van der Waals surface area contributed by atoms with Crippen LogP contribution < -0.4 is 10.5 Å². The Kier molecular flexibility index (Phi) is 6.95. The van der Waals surface area contributed by atoms with E-state index in [2.05, 4.69) is 32.8 Å². The van der Waals surface area contributed by atoms with Gasteiger partial charge in [-0.3, -0.25) is 0 Å². The molecule has 2 heterocycles. The first-order valence-corrected chi connectivity index (χ1v) is 10.2. The van der Waals surface area contributed by atoms with Crippen LogP contribution in [0.15, 0.2) is 41.0 Å². The lowest BCUT2D eigenvalue weighted by Crippen LogP contribution is -2.33. The zero-order valence-electron chi connectivity index (χ0n) is 16.2. The molecule has 1 atom stereocenters. The van der Waals surface area contributed by atoms with E-state index in [0.717, 1.165) is 47.2 Å². The molecule has 28 heavy (non-hydrogen) atoms. The largest absolute Gasteiger partial charge is 0.489 e. The number of benzene rings is 1. The number of nitrogens with zero attached hydrogens (tertiary/aromatic N) is 1. The van der Waals surface area contributed by atoms with Gasteiger partial charge in [-0.1, -0.05) is 17.9 Å². The van der Waals surface area contributed by atoms with Gasteiger partial charge in [0.05, 0.1) is 0 Å². The highest BCUT2D eigenvalue weighted by Gasteiger charge is 2.23. The van der Waals surface area contributed by atoms with Crippen LogP contribution in [0.2, 0.25) is 0 Å². The van der Waals surface area contributed by atoms with Crippen LogP contribution in [0.25, 0.3) is 0 Å². The van der Waals surface area contributed by atoms with E-state index in [-0.39, 0.29) is 6.29 Å². The molecule has 0 bridgehead atoms. The first kappa shape index (κ1) is 20.7. The molecule has 0 radical (unpaired) electrons. The molecule has 0 aliphatic carbocycles. The number of hydrogen-bond donors (Lipinski definition) is 1. The Morgan fingerprint density at radius 1 is 1.32 bits per heavy atom. The summed E-state index contributed by atoms with van der Waals surface area (Å²) in [5.74, 6) is 7.56. The maximum atomic E-state index is 6.01. The van der Waals surface area contributed by atoms with Gasteiger partial charge in [-0.05, 0) is 73.3 Å². The molecule has 1 saturated heterocycles. The van der Waals surface area contributed by atoms with Crippen molar-refractivity contribution in [3.8, 4) is 17.6 Å². The molecule has 148 valence electrons. The first-order chi connectivity index (χ1) is 13.4. The highest BCUT2D eigenvalue weighted by Crippen LogP contribution is 2.21. The quantitative estimate of drug-likeness (QED) is 0.678. The van der Waals surface area contributed by atoms with Crippen LogP contribution in [0.1, 0.15) is 44.2 Å². The summed E-state index contributed by atoms with van der Waals surface area (Å²) >= 11 is 3.40. The minimum Gasteiger partial charge on any atom is -0.489 e. The van der Waals surface area contributed by atoms with Gasteiger partial charge in [0.2, 0.25) is 0 Å². The lowest BCUT2D eigenvalue weighted by atomic mass is 10.1. The van der Waals surface area contributed by atoms with Crippen LogP contribution in [0.5, 0.6) is 5.75 Å². The first-order valence-electron chi connectivity index (χ1n) is 9.37. The van der Waals surface area contributed by atoms with Crippen LogP contribution in [0.4, 0.5) is 5.82 Å². The Bertz CT molecular complexity index is 868. The molecular formula is C22H25BrN2O3. The Morgan fingerprint density at radius 3 is 2.96 bits per heavy atom. The Labute approximate surface area is 174 Å². The zero-order valence-corrected chi connectivity index (χ0v) is 17.8. The summed E-state index contributed by atoms with van der Waals surface area (Å²) in [7, 11) is 0. The molecule has 1 unspecified atom stereocenters. The lowest BCUT2D eigenvalue weighted by molar-refractivity contribution is -0.199. The van der Waals surface area contributed by atoms with Gasteiger partial charge in [-0.2, -0.15) is 0 Å². The second kappa shape index (κ2) is 9.42. The van der Waals surface area contributed by atoms with Crippen molar-refractivity contribution < 1.29 is 14.2 Å². The van der Waals surface area contributed by atoms with Crippen LogP contribution in [0.3, 0.4) is 0 Å². The van der Waals surface area contributed by atoms with E-state index in [1.54, 1.807) is 6.20 Å². The van der Waals surface area contributed by atoms with Crippen molar-refractivity contribution in [3.05, 3.63) is 52.1 Å². The van der Waals surface area contributed by atoms with Crippen molar-refractivity contribution in [2.45, 2.75) is 51.6 Å². The molecule has 1 aromatic heterocycles. The summed E-state index contributed by atoms with van der Waals surface area (Å²) in [6.07, 6.45) is 4.64. The van der Waals surface area contributed by atoms with Gasteiger partial charge in [-0.25, -0.2) is 4.98 Å². The summed E-state index contributed by atoms with van der Waals surface area (Å²) in [6, 6.07) is 9.56. The Morgan fingerprint density at radius 2 is 2.18 bits per heavy atom. The van der Waals surface area contributed by atoms with Gasteiger partial charge in [0.1, 0.15) is 23.8 Å². The molecule has 1 fully saturated rings. The Balaban J connectivity index is 1.63. The molecule has 0 spiro atoms. The van der Waals surface area contributed by atoms with Gasteiger partial charge in [-0.15, -0.1) is 0 Å². The van der Waals surface area contributed by atoms with Crippen molar-refractivity contribution in [1.82, 2.24) is 4.98 Å². The van der Waals surface area contributed by atoms with Crippen molar-refractivity contribution in [3.63, 3.8) is 0 Å². The van der Waals surface area contributed by atoms with Crippen molar-refractivity contribution >= 4 is 21.7 Å². The van der Waals surface area contributed by atoms with E-state index in [4.69, 9.17) is 19.9 Å². The smallest absolute Gasteiger partial charge is 0.159 e. The maximum Gasteiger partial charge on any atom is 0.159 e. The molecule has 0 amide bonds. The summed E-state index contributed by atoms with van der Waals surface area (Å²) < 4.78 is 18.4. The van der Waals surface area contributed by atoms with Crippen LogP contribution in [-0.4, -0.2) is 23.5 Å². The molecule has 1 aromatic carbocycles. The van der Waals surface area contributed by atoms with Crippen molar-refractivity contribution in [1.29, 1.82) is 0 Å². The average molecular weight is 445 g/mol. The Hall–Kier alpha value is -2.07. The molecule has 1 aliphatic heterocycles. The highest BCUT2D eigenvalue weighted by molar-refractivity contribution is 9.10. The third-order valence-corrected chi connectivity index (χ3v) is 4.70. The summed E-state index contributed by atoms with van der Waals surface area (Å²) in [4.78, 5) is 4.12. The molecule has 2 N–H and O–H groups in total. The fraction of sp³-hybridized carbons (Fsp3) is 0.409. The zero-order chi connectivity index (χ0) is 20.0.